The van der Waals surface area contributed by atoms with Gasteiger partial charge in [0.15, 0.2) is 9.84 Å². The Morgan fingerprint density at radius 3 is 2.39 bits per heavy atom. The molecule has 0 N–H and O–H groups in total. The summed E-state index contributed by atoms with van der Waals surface area (Å²) in [4.78, 5) is 12.0. The van der Waals surface area contributed by atoms with Crippen molar-refractivity contribution in [3.63, 3.8) is 0 Å². The first-order chi connectivity index (χ1) is 15.3. The zero-order chi connectivity index (χ0) is 24.2. The third kappa shape index (κ3) is 3.92. The molecule has 3 aromatic rings. The molecule has 1 saturated carbocycles. The fourth-order valence-corrected chi connectivity index (χ4v) is 4.47. The molecule has 7 nitrogen and oxygen atoms in total. The Bertz CT molecular complexity index is 1390. The summed E-state index contributed by atoms with van der Waals surface area (Å²) >= 11 is 0. The van der Waals surface area contributed by atoms with E-state index in [1.54, 1.807) is 0 Å². The van der Waals surface area contributed by atoms with Gasteiger partial charge in [0.1, 0.15) is 5.69 Å². The van der Waals surface area contributed by atoms with Crippen molar-refractivity contribution >= 4 is 20.9 Å². The van der Waals surface area contributed by atoms with E-state index >= 15 is 0 Å². The predicted molar refractivity (Wildman–Crippen MR) is 106 cm³/mol. The zero-order valence-electron chi connectivity index (χ0n) is 17.1. The van der Waals surface area contributed by atoms with Crippen LogP contribution < -0.4 is 0 Å². The van der Waals surface area contributed by atoms with Gasteiger partial charge in [-0.05, 0) is 30.5 Å². The number of sulfone groups is 1. The molecular weight excluding hydrogens is 469 g/mol. The Morgan fingerprint density at radius 2 is 1.82 bits per heavy atom. The minimum atomic E-state index is -5.73. The molecule has 1 fully saturated rings. The minimum absolute atomic E-state index is 0.0218. The van der Waals surface area contributed by atoms with Crippen molar-refractivity contribution in [3.05, 3.63) is 36.4 Å². The molecule has 174 valence electrons. The summed E-state index contributed by atoms with van der Waals surface area (Å²) in [5.41, 5.74) is -0.314. The van der Waals surface area contributed by atoms with Gasteiger partial charge in [-0.2, -0.15) is 27.2 Å². The van der Waals surface area contributed by atoms with E-state index < -0.39 is 33.9 Å². The number of fused-ring (bicyclic) bond motifs is 1. The number of nitrogens with zero attached hydrogens (tertiary/aromatic N) is 5. The molecular formula is C20H16F5N5O2S. The van der Waals surface area contributed by atoms with Crippen molar-refractivity contribution in [3.8, 4) is 17.5 Å². The van der Waals surface area contributed by atoms with E-state index in [4.69, 9.17) is 0 Å². The molecule has 1 aliphatic carbocycles. The third-order valence-corrected chi connectivity index (χ3v) is 7.36. The van der Waals surface area contributed by atoms with Gasteiger partial charge in [-0.15, -0.1) is 0 Å². The first-order valence-electron chi connectivity index (χ1n) is 9.74. The van der Waals surface area contributed by atoms with Crippen LogP contribution in [0.2, 0.25) is 0 Å². The van der Waals surface area contributed by atoms with Crippen LogP contribution in [-0.2, 0) is 21.8 Å². The number of aromatic nitrogens is 4. The first-order valence-corrected chi connectivity index (χ1v) is 11.4. The maximum atomic E-state index is 13.5. The van der Waals surface area contributed by atoms with Crippen LogP contribution >= 0.6 is 0 Å². The van der Waals surface area contributed by atoms with Crippen LogP contribution in [0.25, 0.3) is 22.4 Å². The normalized spacial score (nSPS) is 16.0. The van der Waals surface area contributed by atoms with Crippen molar-refractivity contribution < 1.29 is 30.4 Å². The van der Waals surface area contributed by atoms with E-state index in [1.807, 2.05) is 0 Å². The van der Waals surface area contributed by atoms with Gasteiger partial charge in [0.05, 0.1) is 57.9 Å². The fraction of sp³-hybridized carbons (Fsp3) is 0.400. The third-order valence-electron chi connectivity index (χ3n) is 5.62. The molecule has 0 spiro atoms. The molecule has 0 aliphatic heterocycles. The summed E-state index contributed by atoms with van der Waals surface area (Å²) in [5.74, 6) is -5.22. The predicted octanol–water partition coefficient (Wildman–Crippen LogP) is 4.04. The van der Waals surface area contributed by atoms with Crippen LogP contribution in [-0.4, -0.2) is 45.8 Å². The van der Waals surface area contributed by atoms with E-state index in [0.29, 0.717) is 23.0 Å². The minimum Gasteiger partial charge on any atom is -0.323 e. The zero-order valence-corrected chi connectivity index (χ0v) is 17.9. The van der Waals surface area contributed by atoms with Crippen LogP contribution in [0.4, 0.5) is 22.0 Å². The van der Waals surface area contributed by atoms with Gasteiger partial charge in [-0.3, -0.25) is 9.97 Å². The van der Waals surface area contributed by atoms with Crippen LogP contribution in [0.15, 0.2) is 35.7 Å². The number of imidazole rings is 1. The molecule has 0 radical (unpaired) electrons. The highest BCUT2D eigenvalue weighted by Gasteiger charge is 2.57. The maximum absolute atomic E-state index is 13.5. The van der Waals surface area contributed by atoms with E-state index in [-0.39, 0.29) is 33.1 Å². The molecule has 33 heavy (non-hydrogen) atoms. The number of halogens is 5. The summed E-state index contributed by atoms with van der Waals surface area (Å²) in [5, 5.41) is 9.42. The number of hydrogen-bond donors (Lipinski definition) is 0. The van der Waals surface area contributed by atoms with Gasteiger partial charge in [0.2, 0.25) is 0 Å². The van der Waals surface area contributed by atoms with Gasteiger partial charge in [0, 0.05) is 6.20 Å². The Morgan fingerprint density at radius 1 is 1.12 bits per heavy atom. The molecule has 3 heterocycles. The van der Waals surface area contributed by atoms with Crippen molar-refractivity contribution in [1.82, 2.24) is 19.5 Å². The standard InChI is InChI=1S/C20H16F5N5O2S/c1-2-33(31,32)16-5-12(18(9-26)3-4-18)7-28-17(16)14-6-13-15(8-27-14)30(11-29-13)10-19(21,22)20(23,24)25/h5-8,11H,2-4,10H2,1H3. The lowest BCUT2D eigenvalue weighted by molar-refractivity contribution is -0.286. The molecule has 0 unspecified atom stereocenters. The summed E-state index contributed by atoms with van der Waals surface area (Å²) in [6.45, 7) is -0.227. The second kappa shape index (κ2) is 7.44. The SMILES string of the molecule is CCS(=O)(=O)c1cc(C2(C#N)CC2)cnc1-c1cc2ncn(CC(F)(F)C(F)(F)F)c2cn1. The van der Waals surface area contributed by atoms with Crippen molar-refractivity contribution in [2.45, 2.75) is 48.7 Å². The average Bonchev–Trinajstić information content (AvgIpc) is 3.48. The Kier molecular flexibility index (Phi) is 5.19. The Hall–Kier alpha value is -3.14. The molecule has 0 aromatic carbocycles. The lowest BCUT2D eigenvalue weighted by Gasteiger charge is -2.20. The lowest BCUT2D eigenvalue weighted by Crippen LogP contribution is -2.40. The summed E-state index contributed by atoms with van der Waals surface area (Å²) in [7, 11) is -3.79. The molecule has 0 bridgehead atoms. The number of pyridine rings is 2. The van der Waals surface area contributed by atoms with Gasteiger partial charge >= 0.3 is 12.1 Å². The van der Waals surface area contributed by atoms with Crippen molar-refractivity contribution in [2.75, 3.05) is 5.75 Å². The highest BCUT2D eigenvalue weighted by molar-refractivity contribution is 7.91. The second-order valence-electron chi connectivity index (χ2n) is 7.80. The topological polar surface area (TPSA) is 102 Å². The van der Waals surface area contributed by atoms with Gasteiger partial charge in [0.25, 0.3) is 0 Å². The summed E-state index contributed by atoms with van der Waals surface area (Å²) in [6, 6.07) is 4.84. The van der Waals surface area contributed by atoms with E-state index in [9.17, 15) is 35.6 Å². The molecule has 4 rings (SSSR count). The van der Waals surface area contributed by atoms with Gasteiger partial charge in [-0.1, -0.05) is 6.92 Å². The van der Waals surface area contributed by atoms with E-state index in [1.165, 1.54) is 25.3 Å². The Labute approximate surface area is 184 Å². The number of alkyl halides is 5. The molecule has 3 aromatic heterocycles. The van der Waals surface area contributed by atoms with Crippen LogP contribution in [0, 0.1) is 11.3 Å². The molecule has 0 amide bonds. The highest BCUT2D eigenvalue weighted by Crippen LogP contribution is 2.48. The lowest BCUT2D eigenvalue weighted by atomic mass is 9.99. The van der Waals surface area contributed by atoms with E-state index in [2.05, 4.69) is 21.0 Å². The first kappa shape index (κ1) is 23.0. The van der Waals surface area contributed by atoms with Crippen LogP contribution in [0.3, 0.4) is 0 Å². The number of hydrogen-bond acceptors (Lipinski definition) is 6. The quantitative estimate of drug-likeness (QED) is 0.489. The van der Waals surface area contributed by atoms with Crippen LogP contribution in [0.1, 0.15) is 25.3 Å². The highest BCUT2D eigenvalue weighted by atomic mass is 32.2. The molecule has 0 atom stereocenters. The maximum Gasteiger partial charge on any atom is 0.455 e. The number of nitriles is 1. The van der Waals surface area contributed by atoms with Crippen molar-refractivity contribution in [1.29, 1.82) is 5.26 Å². The van der Waals surface area contributed by atoms with E-state index in [0.717, 1.165) is 12.5 Å². The van der Waals surface area contributed by atoms with Gasteiger partial charge < -0.3 is 4.57 Å². The summed E-state index contributed by atoms with van der Waals surface area (Å²) in [6.07, 6.45) is -1.29. The fourth-order valence-electron chi connectivity index (χ4n) is 3.40. The number of rotatable bonds is 6. The monoisotopic (exact) mass is 485 g/mol. The molecule has 1 aliphatic rings. The second-order valence-corrected chi connectivity index (χ2v) is 10.0. The molecule has 13 heteroatoms. The van der Waals surface area contributed by atoms with Crippen LogP contribution in [0.5, 0.6) is 0 Å². The Balaban J connectivity index is 1.79. The average molecular weight is 485 g/mol. The van der Waals surface area contributed by atoms with Gasteiger partial charge in [-0.25, -0.2) is 13.4 Å². The van der Waals surface area contributed by atoms with Crippen molar-refractivity contribution in [2.24, 2.45) is 0 Å². The molecule has 0 saturated heterocycles. The largest absolute Gasteiger partial charge is 0.455 e. The summed E-state index contributed by atoms with van der Waals surface area (Å²) < 4.78 is 90.7. The smallest absolute Gasteiger partial charge is 0.323 e.